The van der Waals surface area contributed by atoms with Crippen molar-refractivity contribution >= 4 is 11.6 Å². The lowest BCUT2D eigenvalue weighted by atomic mass is 9.86. The molecule has 2 N–H and O–H groups in total. The minimum Gasteiger partial charge on any atom is -0.507 e. The number of hydrogen-bond donors (Lipinski definition) is 2. The van der Waals surface area contributed by atoms with Gasteiger partial charge in [0, 0.05) is 36.0 Å². The molecule has 1 fully saturated rings. The maximum Gasteiger partial charge on any atom is 0.343 e. The zero-order chi connectivity index (χ0) is 26.5. The minimum absolute atomic E-state index is 0.0113. The number of pyridine rings is 1. The third-order valence-corrected chi connectivity index (χ3v) is 7.23. The Bertz CT molecular complexity index is 1450. The van der Waals surface area contributed by atoms with Crippen LogP contribution in [0.5, 0.6) is 5.75 Å². The molecule has 0 saturated heterocycles. The van der Waals surface area contributed by atoms with Crippen molar-refractivity contribution in [1.82, 2.24) is 4.98 Å². The highest BCUT2D eigenvalue weighted by molar-refractivity contribution is 5.92. The molecule has 0 spiro atoms. The van der Waals surface area contributed by atoms with Crippen molar-refractivity contribution in [1.29, 1.82) is 0 Å². The Morgan fingerprint density at radius 1 is 1.05 bits per heavy atom. The second kappa shape index (κ2) is 11.5. The first kappa shape index (κ1) is 25.5. The molecule has 0 bridgehead atoms. The van der Waals surface area contributed by atoms with E-state index in [0.717, 1.165) is 42.4 Å². The maximum atomic E-state index is 13.3. The smallest absolute Gasteiger partial charge is 0.343 e. The van der Waals surface area contributed by atoms with Crippen molar-refractivity contribution in [3.05, 3.63) is 124 Å². The Kier molecular flexibility index (Phi) is 7.68. The lowest BCUT2D eigenvalue weighted by Gasteiger charge is -2.20. The summed E-state index contributed by atoms with van der Waals surface area (Å²) < 4.78 is 5.86. The molecule has 1 aliphatic carbocycles. The van der Waals surface area contributed by atoms with Gasteiger partial charge in [-0.15, -0.1) is 0 Å². The molecular weight excluding hydrogens is 476 g/mol. The summed E-state index contributed by atoms with van der Waals surface area (Å²) in [7, 11) is 0. The van der Waals surface area contributed by atoms with E-state index in [0.29, 0.717) is 17.0 Å². The summed E-state index contributed by atoms with van der Waals surface area (Å²) in [6, 6.07) is 22.9. The maximum absolute atomic E-state index is 13.3. The highest BCUT2D eigenvalue weighted by Crippen LogP contribution is 2.48. The Morgan fingerprint density at radius 3 is 2.53 bits per heavy atom. The van der Waals surface area contributed by atoms with Gasteiger partial charge in [0.1, 0.15) is 11.5 Å². The van der Waals surface area contributed by atoms with Gasteiger partial charge in [-0.3, -0.25) is 9.78 Å². The number of aromatic hydroxyl groups is 1. The van der Waals surface area contributed by atoms with Crippen LogP contribution in [0.2, 0.25) is 0 Å². The molecule has 194 valence electrons. The number of hydrogen-bond acceptors (Lipinski definition) is 5. The van der Waals surface area contributed by atoms with E-state index in [-0.39, 0.29) is 35.8 Å². The van der Waals surface area contributed by atoms with Crippen LogP contribution in [0.25, 0.3) is 0 Å². The average molecular weight is 509 g/mol. The third kappa shape index (κ3) is 6.02. The highest BCUT2D eigenvalue weighted by Gasteiger charge is 2.37. The number of carbonyl (C=O) groups excluding carboxylic acids is 1. The molecule has 2 atom stereocenters. The van der Waals surface area contributed by atoms with Gasteiger partial charge in [-0.05, 0) is 66.5 Å². The first-order valence-corrected chi connectivity index (χ1v) is 13.2. The number of anilines is 1. The van der Waals surface area contributed by atoms with Gasteiger partial charge in [0.2, 0.25) is 5.91 Å². The van der Waals surface area contributed by atoms with Crippen molar-refractivity contribution < 1.29 is 14.3 Å². The van der Waals surface area contributed by atoms with Crippen LogP contribution in [-0.2, 0) is 17.6 Å². The molecule has 1 amide bonds. The van der Waals surface area contributed by atoms with Crippen LogP contribution >= 0.6 is 0 Å². The molecule has 1 aliphatic rings. The number of amides is 1. The monoisotopic (exact) mass is 508 g/mol. The first-order valence-electron chi connectivity index (χ1n) is 13.2. The topological polar surface area (TPSA) is 92.4 Å². The fraction of sp³-hybridized carbons (Fsp3) is 0.281. The Morgan fingerprint density at radius 2 is 1.84 bits per heavy atom. The van der Waals surface area contributed by atoms with Gasteiger partial charge in [-0.25, -0.2) is 4.79 Å². The van der Waals surface area contributed by atoms with Crippen molar-refractivity contribution in [2.75, 3.05) is 5.32 Å². The van der Waals surface area contributed by atoms with E-state index in [1.54, 1.807) is 24.5 Å². The van der Waals surface area contributed by atoms with Gasteiger partial charge >= 0.3 is 5.63 Å². The number of benzene rings is 2. The van der Waals surface area contributed by atoms with Crippen LogP contribution in [0.3, 0.4) is 0 Å². The van der Waals surface area contributed by atoms with Crippen LogP contribution in [0.15, 0.2) is 94.4 Å². The fourth-order valence-electron chi connectivity index (χ4n) is 5.15. The quantitative estimate of drug-likeness (QED) is 0.266. The van der Waals surface area contributed by atoms with Crippen LogP contribution < -0.4 is 10.9 Å². The number of rotatable bonds is 10. The molecule has 38 heavy (non-hydrogen) atoms. The highest BCUT2D eigenvalue weighted by atomic mass is 16.4. The largest absolute Gasteiger partial charge is 0.507 e. The predicted octanol–water partition coefficient (Wildman–Crippen LogP) is 6.20. The minimum atomic E-state index is -0.491. The van der Waals surface area contributed by atoms with E-state index in [9.17, 15) is 14.7 Å². The van der Waals surface area contributed by atoms with Crippen LogP contribution in [-0.4, -0.2) is 16.0 Å². The second-order valence-electron chi connectivity index (χ2n) is 10.1. The van der Waals surface area contributed by atoms with E-state index < -0.39 is 5.63 Å². The fourth-order valence-corrected chi connectivity index (χ4v) is 5.15. The van der Waals surface area contributed by atoms with E-state index in [4.69, 9.17) is 4.42 Å². The lowest BCUT2D eigenvalue weighted by Crippen LogP contribution is -2.18. The number of nitrogens with one attached hydrogen (secondary N) is 1. The van der Waals surface area contributed by atoms with E-state index >= 15 is 0 Å². The van der Waals surface area contributed by atoms with Crippen molar-refractivity contribution in [3.8, 4) is 5.75 Å². The normalized spacial score (nSPS) is 14.6. The van der Waals surface area contributed by atoms with Crippen LogP contribution in [0.4, 0.5) is 5.69 Å². The summed E-state index contributed by atoms with van der Waals surface area (Å²) in [5.41, 5.74) is 3.31. The van der Waals surface area contributed by atoms with Crippen LogP contribution in [0.1, 0.15) is 66.0 Å². The number of aromatic nitrogens is 1. The summed E-state index contributed by atoms with van der Waals surface area (Å²) in [4.78, 5) is 30.0. The standard InChI is InChI=1S/C32H32N2O4/c1-2-23(16-21-8-4-3-5-9-21)28-19-27(35)31(32(37)38-28)30(24-13-14-24)25-11-6-12-26(18-25)34-29(36)17-22-10-7-15-33-20-22/h3-12,15,18-20,23-24,30,35H,2,13-14,16-17H2,1H3,(H,34,36). The Balaban J connectivity index is 1.39. The lowest BCUT2D eigenvalue weighted by molar-refractivity contribution is -0.115. The van der Waals surface area contributed by atoms with Gasteiger partial charge < -0.3 is 14.8 Å². The summed E-state index contributed by atoms with van der Waals surface area (Å²) in [6.45, 7) is 2.06. The van der Waals surface area contributed by atoms with Gasteiger partial charge in [-0.2, -0.15) is 0 Å². The molecular formula is C32H32N2O4. The molecule has 0 radical (unpaired) electrons. The zero-order valence-electron chi connectivity index (χ0n) is 21.5. The second-order valence-corrected chi connectivity index (χ2v) is 10.1. The first-order chi connectivity index (χ1) is 18.5. The molecule has 1 saturated carbocycles. The molecule has 2 aromatic carbocycles. The molecule has 6 nitrogen and oxygen atoms in total. The number of nitrogens with zero attached hydrogens (tertiary/aromatic N) is 1. The SMILES string of the molecule is CCC(Cc1ccccc1)c1cc(O)c(C(c2cccc(NC(=O)Cc3cccnc3)c2)C2CC2)c(=O)o1. The van der Waals surface area contributed by atoms with Gasteiger partial charge in [0.25, 0.3) is 0 Å². The van der Waals surface area contributed by atoms with Crippen LogP contribution in [0, 0.1) is 5.92 Å². The molecule has 0 aliphatic heterocycles. The average Bonchev–Trinajstić information content (AvgIpc) is 3.75. The van der Waals surface area contributed by atoms with Crippen molar-refractivity contribution in [3.63, 3.8) is 0 Å². The summed E-state index contributed by atoms with van der Waals surface area (Å²) in [6.07, 6.45) is 7.01. The third-order valence-electron chi connectivity index (χ3n) is 7.23. The predicted molar refractivity (Wildman–Crippen MR) is 147 cm³/mol. The van der Waals surface area contributed by atoms with E-state index in [1.807, 2.05) is 48.5 Å². The van der Waals surface area contributed by atoms with E-state index in [1.165, 1.54) is 0 Å². The molecule has 2 heterocycles. The van der Waals surface area contributed by atoms with E-state index in [2.05, 4.69) is 29.4 Å². The Labute approximate surface area is 222 Å². The van der Waals surface area contributed by atoms with Crippen molar-refractivity contribution in [2.24, 2.45) is 5.92 Å². The molecule has 5 rings (SSSR count). The van der Waals surface area contributed by atoms with Gasteiger partial charge in [0.05, 0.1) is 12.0 Å². The molecule has 6 heteroatoms. The Hall–Kier alpha value is -4.19. The summed E-state index contributed by atoms with van der Waals surface area (Å²) in [5.74, 6) is 0.267. The summed E-state index contributed by atoms with van der Waals surface area (Å²) >= 11 is 0. The number of carbonyl (C=O) groups is 1. The zero-order valence-corrected chi connectivity index (χ0v) is 21.5. The molecule has 4 aromatic rings. The van der Waals surface area contributed by atoms with Gasteiger partial charge in [-0.1, -0.05) is 55.5 Å². The molecule has 2 aromatic heterocycles. The summed E-state index contributed by atoms with van der Waals surface area (Å²) in [5, 5.41) is 14.1. The van der Waals surface area contributed by atoms with Gasteiger partial charge in [0.15, 0.2) is 0 Å². The molecule has 2 unspecified atom stereocenters. The van der Waals surface area contributed by atoms with Crippen molar-refractivity contribution in [2.45, 2.75) is 50.9 Å².